The van der Waals surface area contributed by atoms with Crippen molar-refractivity contribution in [2.24, 2.45) is 0 Å². The highest BCUT2D eigenvalue weighted by molar-refractivity contribution is 7.46. The molecular formula is C3H7Cl2Si. The molecule has 3 heteroatoms. The molecule has 0 unspecified atom stereocenters. The number of hydrogen-bond donors (Lipinski definition) is 0. The van der Waals surface area contributed by atoms with Crippen LogP contribution in [-0.4, -0.2) is 6.69 Å². The number of halogens is 2. The van der Waals surface area contributed by atoms with Gasteiger partial charge in [-0.05, 0) is 12.6 Å². The maximum atomic E-state index is 5.57. The highest BCUT2D eigenvalue weighted by Gasteiger charge is 2.16. The molecule has 0 bridgehead atoms. The van der Waals surface area contributed by atoms with E-state index in [1.807, 2.05) is 19.5 Å². The fourth-order valence-corrected chi connectivity index (χ4v) is 0. The minimum Gasteiger partial charge on any atom is -0.146 e. The summed E-state index contributed by atoms with van der Waals surface area (Å²) < 4.78 is 0. The monoisotopic (exact) mass is 141 g/mol. The van der Waals surface area contributed by atoms with E-state index in [1.54, 1.807) is 0 Å². The summed E-state index contributed by atoms with van der Waals surface area (Å²) in [6.45, 7) is 1.93. The number of rotatable bonds is 1. The summed E-state index contributed by atoms with van der Waals surface area (Å²) in [4.78, 5) is 0. The molecule has 0 aromatic carbocycles. The predicted molar refractivity (Wildman–Crippen MR) is 33.3 cm³/mol. The fraction of sp³-hybridized carbons (Fsp3) is 0.667. The molecule has 0 aromatic heterocycles. The van der Waals surface area contributed by atoms with Crippen molar-refractivity contribution in [2.75, 3.05) is 0 Å². The summed E-state index contributed by atoms with van der Waals surface area (Å²) in [5.41, 5.74) is 0. The van der Waals surface area contributed by atoms with Crippen LogP contribution in [-0.2, 0) is 0 Å². The minimum atomic E-state index is -1.81. The SMILES string of the molecule is C[CH][Si](C)(Cl)Cl. The Morgan fingerprint density at radius 1 is 1.50 bits per heavy atom. The van der Waals surface area contributed by atoms with Crippen LogP contribution in [0.15, 0.2) is 0 Å². The van der Waals surface area contributed by atoms with Crippen LogP contribution >= 0.6 is 22.2 Å². The summed E-state index contributed by atoms with van der Waals surface area (Å²) in [6.07, 6.45) is 0. The van der Waals surface area contributed by atoms with E-state index < -0.39 is 6.69 Å². The molecule has 1 radical (unpaired) electrons. The van der Waals surface area contributed by atoms with Gasteiger partial charge in [0, 0.05) is 0 Å². The van der Waals surface area contributed by atoms with Gasteiger partial charge in [0.05, 0.1) is 0 Å². The van der Waals surface area contributed by atoms with Gasteiger partial charge in [0.1, 0.15) is 0 Å². The Morgan fingerprint density at radius 3 is 1.67 bits per heavy atom. The van der Waals surface area contributed by atoms with Gasteiger partial charge >= 0.3 is 0 Å². The van der Waals surface area contributed by atoms with Gasteiger partial charge in [-0.2, -0.15) is 0 Å². The van der Waals surface area contributed by atoms with Crippen molar-refractivity contribution in [2.45, 2.75) is 13.5 Å². The second-order valence-electron chi connectivity index (χ2n) is 1.24. The average molecular weight is 142 g/mol. The largest absolute Gasteiger partial charge is 0.251 e. The van der Waals surface area contributed by atoms with Crippen LogP contribution in [0.5, 0.6) is 0 Å². The van der Waals surface area contributed by atoms with Gasteiger partial charge in [0.25, 0.3) is 6.69 Å². The molecule has 0 fully saturated rings. The Kier molecular flexibility index (Phi) is 2.49. The third-order valence-electron chi connectivity index (χ3n) is 0.507. The van der Waals surface area contributed by atoms with Gasteiger partial charge in [-0.3, -0.25) is 0 Å². The van der Waals surface area contributed by atoms with Crippen LogP contribution in [0, 0.1) is 6.04 Å². The Morgan fingerprint density at radius 2 is 1.67 bits per heavy atom. The maximum absolute atomic E-state index is 5.57. The first-order valence-electron chi connectivity index (χ1n) is 1.74. The molecule has 0 aromatic rings. The van der Waals surface area contributed by atoms with Crippen molar-refractivity contribution in [3.05, 3.63) is 6.04 Å². The summed E-state index contributed by atoms with van der Waals surface area (Å²) in [6, 6.07) is 1.86. The van der Waals surface area contributed by atoms with E-state index in [0.29, 0.717) is 0 Å². The third-order valence-corrected chi connectivity index (χ3v) is 2.83. The first-order chi connectivity index (χ1) is 2.56. The molecule has 0 atom stereocenters. The molecule has 0 aliphatic carbocycles. The smallest absolute Gasteiger partial charge is 0.146 e. The quantitative estimate of drug-likeness (QED) is 0.389. The fourth-order valence-electron chi connectivity index (χ4n) is 0. The molecule has 0 saturated carbocycles. The van der Waals surface area contributed by atoms with Crippen LogP contribution in [0.3, 0.4) is 0 Å². The second kappa shape index (κ2) is 2.19. The van der Waals surface area contributed by atoms with Crippen molar-refractivity contribution < 1.29 is 0 Å². The lowest BCUT2D eigenvalue weighted by Gasteiger charge is -2.01. The van der Waals surface area contributed by atoms with E-state index in [4.69, 9.17) is 22.2 Å². The first-order valence-corrected chi connectivity index (χ1v) is 6.35. The Bertz CT molecular complexity index is 38.5. The molecule has 0 aliphatic rings. The van der Waals surface area contributed by atoms with Gasteiger partial charge in [-0.15, -0.1) is 22.2 Å². The second-order valence-corrected chi connectivity index (χ2v) is 9.03. The van der Waals surface area contributed by atoms with Gasteiger partial charge in [0.15, 0.2) is 0 Å². The Labute approximate surface area is 48.9 Å². The Balaban J connectivity index is 3.17. The standard InChI is InChI=1S/C3H7Cl2Si/c1-3-6(2,4)5/h3H,1-2H3. The van der Waals surface area contributed by atoms with Crippen LogP contribution < -0.4 is 0 Å². The zero-order valence-corrected chi connectivity index (χ0v) is 6.35. The van der Waals surface area contributed by atoms with E-state index >= 15 is 0 Å². The van der Waals surface area contributed by atoms with Crippen molar-refractivity contribution in [1.29, 1.82) is 0 Å². The molecular weight excluding hydrogens is 135 g/mol. The zero-order valence-electron chi connectivity index (χ0n) is 3.83. The average Bonchev–Trinajstić information content (AvgIpc) is 1.35. The summed E-state index contributed by atoms with van der Waals surface area (Å²) >= 11 is 11.1. The van der Waals surface area contributed by atoms with E-state index in [-0.39, 0.29) is 0 Å². The van der Waals surface area contributed by atoms with Gasteiger partial charge in [-0.25, -0.2) is 0 Å². The van der Waals surface area contributed by atoms with E-state index in [0.717, 1.165) is 0 Å². The van der Waals surface area contributed by atoms with Crippen molar-refractivity contribution in [1.82, 2.24) is 0 Å². The lowest BCUT2D eigenvalue weighted by Crippen LogP contribution is -2.10. The summed E-state index contributed by atoms with van der Waals surface area (Å²) in [5, 5.41) is 0. The summed E-state index contributed by atoms with van der Waals surface area (Å²) in [5.74, 6) is 0. The predicted octanol–water partition coefficient (Wildman–Crippen LogP) is 2.30. The van der Waals surface area contributed by atoms with E-state index in [1.165, 1.54) is 0 Å². The maximum Gasteiger partial charge on any atom is 0.251 e. The molecule has 0 spiro atoms. The molecule has 0 N–H and O–H groups in total. The van der Waals surface area contributed by atoms with Crippen LogP contribution in [0.25, 0.3) is 0 Å². The lowest BCUT2D eigenvalue weighted by molar-refractivity contribution is 1.67. The van der Waals surface area contributed by atoms with E-state index in [9.17, 15) is 0 Å². The Hall–Kier alpha value is 0.797. The topological polar surface area (TPSA) is 0 Å². The van der Waals surface area contributed by atoms with Crippen LogP contribution in [0.1, 0.15) is 6.92 Å². The molecule has 0 nitrogen and oxygen atoms in total. The zero-order chi connectivity index (χ0) is 5.21. The molecule has 0 heterocycles. The molecule has 37 valence electrons. The molecule has 0 amide bonds. The van der Waals surface area contributed by atoms with Gasteiger partial charge in [0.2, 0.25) is 0 Å². The van der Waals surface area contributed by atoms with Crippen molar-refractivity contribution >= 4 is 28.9 Å². The van der Waals surface area contributed by atoms with Crippen LogP contribution in [0.4, 0.5) is 0 Å². The highest BCUT2D eigenvalue weighted by atomic mass is 35.7. The third kappa shape index (κ3) is 4.80. The van der Waals surface area contributed by atoms with Gasteiger partial charge < -0.3 is 0 Å². The molecule has 0 rings (SSSR count). The molecule has 6 heavy (non-hydrogen) atoms. The lowest BCUT2D eigenvalue weighted by atomic mass is 11.0. The van der Waals surface area contributed by atoms with E-state index in [2.05, 4.69) is 0 Å². The number of hydrogen-bond acceptors (Lipinski definition) is 0. The molecule has 0 saturated heterocycles. The van der Waals surface area contributed by atoms with Gasteiger partial charge in [-0.1, -0.05) is 6.92 Å². The highest BCUT2D eigenvalue weighted by Crippen LogP contribution is 2.15. The van der Waals surface area contributed by atoms with Crippen LogP contribution in [0.2, 0.25) is 6.55 Å². The van der Waals surface area contributed by atoms with Crippen molar-refractivity contribution in [3.63, 3.8) is 0 Å². The summed E-state index contributed by atoms with van der Waals surface area (Å²) in [7, 11) is 0. The van der Waals surface area contributed by atoms with Crippen molar-refractivity contribution in [3.8, 4) is 0 Å². The normalized spacial score (nSPS) is 12.0. The first kappa shape index (κ1) is 6.80. The molecule has 0 aliphatic heterocycles. The minimum absolute atomic E-state index is 1.81.